The van der Waals surface area contributed by atoms with E-state index in [2.05, 4.69) is 10.1 Å². The number of carboxylic acid groups (broad SMARTS) is 1. The lowest BCUT2D eigenvalue weighted by Gasteiger charge is -2.18. The van der Waals surface area contributed by atoms with E-state index >= 15 is 0 Å². The maximum Gasteiger partial charge on any atom is 0.308 e. The number of nitrogens with two attached hydrogens (primary N) is 1. The Kier molecular flexibility index (Phi) is 2.20. The second-order valence-electron chi connectivity index (χ2n) is 3.40. The molecule has 1 aliphatic heterocycles. The van der Waals surface area contributed by atoms with Gasteiger partial charge < -0.3 is 10.8 Å². The molecule has 3 N–H and O–H groups in total. The third-order valence-electron chi connectivity index (χ3n) is 2.43. The van der Waals surface area contributed by atoms with Gasteiger partial charge in [0.15, 0.2) is 5.82 Å². The molecule has 76 valence electrons. The fourth-order valence-electron chi connectivity index (χ4n) is 1.65. The van der Waals surface area contributed by atoms with Crippen LogP contribution in [0.2, 0.25) is 0 Å². The number of aromatic nitrogens is 3. The highest BCUT2D eigenvalue weighted by Crippen LogP contribution is 2.18. The molecule has 2 heterocycles. The lowest BCUT2D eigenvalue weighted by Crippen LogP contribution is -2.27. The summed E-state index contributed by atoms with van der Waals surface area (Å²) in [6, 6.07) is 0. The summed E-state index contributed by atoms with van der Waals surface area (Å²) in [4.78, 5) is 15.0. The molecule has 0 fully saturated rings. The summed E-state index contributed by atoms with van der Waals surface area (Å²) in [7, 11) is 0. The zero-order valence-corrected chi connectivity index (χ0v) is 7.68. The normalized spacial score (nSPS) is 20.5. The van der Waals surface area contributed by atoms with Gasteiger partial charge in [0.1, 0.15) is 5.82 Å². The molecule has 0 aromatic carbocycles. The molecule has 14 heavy (non-hydrogen) atoms. The zero-order chi connectivity index (χ0) is 10.1. The number of carboxylic acids is 1. The minimum atomic E-state index is -0.763. The van der Waals surface area contributed by atoms with Crippen molar-refractivity contribution in [3.8, 4) is 0 Å². The van der Waals surface area contributed by atoms with Crippen LogP contribution in [0.15, 0.2) is 0 Å². The SMILES string of the molecule is NCc1nc2n(n1)CC(C(=O)O)CC2. The molecule has 1 atom stereocenters. The van der Waals surface area contributed by atoms with Crippen LogP contribution in [-0.4, -0.2) is 25.8 Å². The predicted molar refractivity (Wildman–Crippen MR) is 47.4 cm³/mol. The van der Waals surface area contributed by atoms with Gasteiger partial charge in [-0.25, -0.2) is 9.67 Å². The van der Waals surface area contributed by atoms with Crippen LogP contribution in [-0.2, 0) is 24.3 Å². The molecule has 0 amide bonds. The number of aliphatic carboxylic acids is 1. The number of rotatable bonds is 2. The van der Waals surface area contributed by atoms with Crippen LogP contribution in [0.5, 0.6) is 0 Å². The molecular weight excluding hydrogens is 184 g/mol. The van der Waals surface area contributed by atoms with E-state index in [9.17, 15) is 4.79 Å². The average molecular weight is 196 g/mol. The minimum Gasteiger partial charge on any atom is -0.481 e. The largest absolute Gasteiger partial charge is 0.481 e. The monoisotopic (exact) mass is 196 g/mol. The van der Waals surface area contributed by atoms with Crippen molar-refractivity contribution < 1.29 is 9.90 Å². The summed E-state index contributed by atoms with van der Waals surface area (Å²) in [5.74, 6) is 0.337. The summed E-state index contributed by atoms with van der Waals surface area (Å²) < 4.78 is 1.66. The Bertz CT molecular complexity index is 360. The lowest BCUT2D eigenvalue weighted by molar-refractivity contribution is -0.142. The van der Waals surface area contributed by atoms with Crippen LogP contribution >= 0.6 is 0 Å². The molecule has 0 radical (unpaired) electrons. The Balaban J connectivity index is 2.21. The van der Waals surface area contributed by atoms with Crippen LogP contribution in [0.4, 0.5) is 0 Å². The van der Waals surface area contributed by atoms with E-state index in [1.54, 1.807) is 4.68 Å². The Morgan fingerprint density at radius 1 is 1.71 bits per heavy atom. The number of aryl methyl sites for hydroxylation is 1. The van der Waals surface area contributed by atoms with Crippen molar-refractivity contribution in [2.24, 2.45) is 11.7 Å². The summed E-state index contributed by atoms with van der Waals surface area (Å²) in [6.45, 7) is 0.718. The van der Waals surface area contributed by atoms with Crippen LogP contribution in [0.3, 0.4) is 0 Å². The molecule has 2 rings (SSSR count). The second-order valence-corrected chi connectivity index (χ2v) is 3.40. The highest BCUT2D eigenvalue weighted by molar-refractivity contribution is 5.70. The fourth-order valence-corrected chi connectivity index (χ4v) is 1.65. The number of fused-ring (bicyclic) bond motifs is 1. The van der Waals surface area contributed by atoms with Crippen molar-refractivity contribution in [1.29, 1.82) is 0 Å². The van der Waals surface area contributed by atoms with Crippen molar-refractivity contribution >= 4 is 5.97 Å². The third-order valence-corrected chi connectivity index (χ3v) is 2.43. The Hall–Kier alpha value is -1.43. The molecule has 6 heteroatoms. The second kappa shape index (κ2) is 3.38. The molecule has 0 saturated carbocycles. The molecular formula is C8H12N4O2. The summed E-state index contributed by atoms with van der Waals surface area (Å²) >= 11 is 0. The molecule has 0 bridgehead atoms. The van der Waals surface area contributed by atoms with E-state index in [-0.39, 0.29) is 5.92 Å². The molecule has 0 spiro atoms. The first-order valence-electron chi connectivity index (χ1n) is 4.56. The van der Waals surface area contributed by atoms with Gasteiger partial charge in [-0.15, -0.1) is 0 Å². The van der Waals surface area contributed by atoms with E-state index in [0.29, 0.717) is 31.8 Å². The molecule has 1 aromatic rings. The lowest BCUT2D eigenvalue weighted by atomic mass is 10.0. The highest BCUT2D eigenvalue weighted by atomic mass is 16.4. The Labute approximate surface area is 80.7 Å². The smallest absolute Gasteiger partial charge is 0.308 e. The number of nitrogens with zero attached hydrogens (tertiary/aromatic N) is 3. The summed E-state index contributed by atoms with van der Waals surface area (Å²) in [5.41, 5.74) is 5.40. The topological polar surface area (TPSA) is 94.0 Å². The Morgan fingerprint density at radius 2 is 2.50 bits per heavy atom. The van der Waals surface area contributed by atoms with E-state index in [1.165, 1.54) is 0 Å². The van der Waals surface area contributed by atoms with Gasteiger partial charge in [0.05, 0.1) is 19.0 Å². The quantitative estimate of drug-likeness (QED) is 0.657. The first-order valence-corrected chi connectivity index (χ1v) is 4.56. The van der Waals surface area contributed by atoms with Crippen molar-refractivity contribution in [2.45, 2.75) is 25.9 Å². The van der Waals surface area contributed by atoms with E-state index < -0.39 is 5.97 Å². The maximum absolute atomic E-state index is 10.8. The van der Waals surface area contributed by atoms with Crippen LogP contribution in [0.25, 0.3) is 0 Å². The van der Waals surface area contributed by atoms with Crippen LogP contribution in [0, 0.1) is 5.92 Å². The average Bonchev–Trinajstić information content (AvgIpc) is 2.58. The van der Waals surface area contributed by atoms with Crippen molar-refractivity contribution in [3.63, 3.8) is 0 Å². The molecule has 1 aliphatic rings. The van der Waals surface area contributed by atoms with Crippen LogP contribution in [0.1, 0.15) is 18.1 Å². The number of carbonyl (C=O) groups is 1. The highest BCUT2D eigenvalue weighted by Gasteiger charge is 2.26. The maximum atomic E-state index is 10.8. The van der Waals surface area contributed by atoms with Gasteiger partial charge in [-0.1, -0.05) is 0 Å². The zero-order valence-electron chi connectivity index (χ0n) is 7.68. The minimum absolute atomic E-state index is 0.303. The molecule has 1 aromatic heterocycles. The molecule has 0 aliphatic carbocycles. The fraction of sp³-hybridized carbons (Fsp3) is 0.625. The summed E-state index contributed by atoms with van der Waals surface area (Å²) in [5, 5.41) is 13.0. The molecule has 1 unspecified atom stereocenters. The van der Waals surface area contributed by atoms with Crippen LogP contribution < -0.4 is 5.73 Å². The van der Waals surface area contributed by atoms with Gasteiger partial charge in [-0.2, -0.15) is 5.10 Å². The standard InChI is InChI=1S/C8H12N4O2/c9-3-6-10-7-2-1-5(8(13)14)4-12(7)11-6/h5H,1-4,9H2,(H,13,14). The van der Waals surface area contributed by atoms with Gasteiger partial charge >= 0.3 is 5.97 Å². The summed E-state index contributed by atoms with van der Waals surface area (Å²) in [6.07, 6.45) is 1.31. The Morgan fingerprint density at radius 3 is 3.14 bits per heavy atom. The van der Waals surface area contributed by atoms with Crippen molar-refractivity contribution in [3.05, 3.63) is 11.6 Å². The van der Waals surface area contributed by atoms with Gasteiger partial charge in [-0.05, 0) is 6.42 Å². The van der Waals surface area contributed by atoms with Gasteiger partial charge in [0.25, 0.3) is 0 Å². The van der Waals surface area contributed by atoms with Gasteiger partial charge in [0.2, 0.25) is 0 Å². The molecule has 6 nitrogen and oxygen atoms in total. The van der Waals surface area contributed by atoms with Crippen molar-refractivity contribution in [2.75, 3.05) is 0 Å². The van der Waals surface area contributed by atoms with Gasteiger partial charge in [0, 0.05) is 6.42 Å². The van der Waals surface area contributed by atoms with E-state index in [4.69, 9.17) is 10.8 Å². The third kappa shape index (κ3) is 1.48. The molecule has 0 saturated heterocycles. The predicted octanol–water partition coefficient (Wildman–Crippen LogP) is -0.616. The number of hydrogen-bond acceptors (Lipinski definition) is 4. The van der Waals surface area contributed by atoms with E-state index in [1.807, 2.05) is 0 Å². The first-order chi connectivity index (χ1) is 6.70. The first kappa shape index (κ1) is 9.14. The number of hydrogen-bond donors (Lipinski definition) is 2. The van der Waals surface area contributed by atoms with E-state index in [0.717, 1.165) is 5.82 Å². The van der Waals surface area contributed by atoms with Crippen molar-refractivity contribution in [1.82, 2.24) is 14.8 Å². The van der Waals surface area contributed by atoms with Gasteiger partial charge in [-0.3, -0.25) is 4.79 Å².